The van der Waals surface area contributed by atoms with Crippen LogP contribution in [0.5, 0.6) is 0 Å². The first-order valence-electron chi connectivity index (χ1n) is 25.9. The predicted molar refractivity (Wildman–Crippen MR) is 278 cm³/mol. The lowest BCUT2D eigenvalue weighted by molar-refractivity contribution is -0.318. The zero-order chi connectivity index (χ0) is 54.6. The van der Waals surface area contributed by atoms with Gasteiger partial charge < -0.3 is 84.2 Å². The second-order valence-electron chi connectivity index (χ2n) is 21.6. The summed E-state index contributed by atoms with van der Waals surface area (Å²) in [6.45, 7) is 21.7. The zero-order valence-electron chi connectivity index (χ0n) is 45.5. The minimum absolute atomic E-state index is 0.108. The van der Waals surface area contributed by atoms with Crippen molar-refractivity contribution in [1.29, 1.82) is 0 Å². The van der Waals surface area contributed by atoms with E-state index in [-0.39, 0.29) is 43.8 Å². The number of rotatable bonds is 13. The minimum Gasteiger partial charge on any atom is -0.483 e. The SMILES string of the molecule is CC[C@H]1OC(=O)[C@H](C)[C@@H](O[C@H]2C[C@@](C)(OC)[C@@H](O)[C@H](C)O2)[C@H](C)[C@@H](O[C@@H]2O[C@H](C)C[C@H](N(C)C)[C@H]2O)[C@](C)(O)C[C@@H](C)CN(CCCNC(=S)Nc2ccc(N3CCOCC3)nc2)[C@H](C)[C@@H](O)[C@]1(C)O.O=CO. The quantitative estimate of drug-likeness (QED) is 0.0611. The van der Waals surface area contributed by atoms with Crippen molar-refractivity contribution in [3.05, 3.63) is 18.3 Å². The highest BCUT2D eigenvalue weighted by atomic mass is 32.1. The number of hydrogen-bond donors (Lipinski definition) is 8. The second-order valence-corrected chi connectivity index (χ2v) is 22.0. The maximum Gasteiger partial charge on any atom is 0.311 e. The largest absolute Gasteiger partial charge is 0.483 e. The monoisotopic (exact) mass is 1060 g/mol. The van der Waals surface area contributed by atoms with E-state index in [1.807, 2.05) is 58.8 Å². The fourth-order valence-corrected chi connectivity index (χ4v) is 11.2. The molecular formula is C51H90N6O15S. The predicted octanol–water partition coefficient (Wildman–Crippen LogP) is 2.58. The van der Waals surface area contributed by atoms with Crippen LogP contribution in [0.2, 0.25) is 0 Å². The molecule has 0 radical (unpaired) electrons. The fraction of sp³-hybridized carbons (Fsp3) is 0.843. The van der Waals surface area contributed by atoms with Crippen LogP contribution in [0.15, 0.2) is 18.3 Å². The summed E-state index contributed by atoms with van der Waals surface area (Å²) in [5.41, 5.74) is -3.84. The summed E-state index contributed by atoms with van der Waals surface area (Å²) in [5, 5.41) is 73.9. The summed E-state index contributed by atoms with van der Waals surface area (Å²) in [6.07, 6.45) is -6.52. The number of aliphatic hydroxyl groups excluding tert-OH is 3. The molecule has 4 aliphatic rings. The maximum absolute atomic E-state index is 14.6. The van der Waals surface area contributed by atoms with Crippen molar-refractivity contribution in [1.82, 2.24) is 20.1 Å². The number of carboxylic acid groups (broad SMARTS) is 1. The molecule has 0 unspecified atom stereocenters. The van der Waals surface area contributed by atoms with Gasteiger partial charge in [-0.25, -0.2) is 4.98 Å². The normalized spacial score (nSPS) is 39.5. The summed E-state index contributed by atoms with van der Waals surface area (Å²) in [4.78, 5) is 33.7. The average molecular weight is 1060 g/mol. The van der Waals surface area contributed by atoms with Crippen LogP contribution in [-0.2, 0) is 42.7 Å². The standard InChI is InChI=1S/C50H88N6O13S.CH2O2/c1-14-37-50(10,62)42(58)33(6)56(19-15-18-51-47(70)53-35-16-17-38(52-27-35)55-20-22-64-23-21-55)28-29(2)25-48(8,61)44(69-46-40(57)36(54(11)12)24-30(3)65-46)31(4)41(32(5)45(60)67-37)68-39-26-49(9,63-13)43(59)34(7)66-39;2-1-3/h16-17,27,29-34,36-37,39-44,46,57-59,61-62H,14-15,18-26,28H2,1-13H3,(H2,51,53,70);1H,(H,2,3)/t29-,30-,31+,32-,33-,34+,36+,37-,39+,40-,41+,42-,43+,44-,46+,48-,49-,50-;/m1./s1. The molecule has 0 spiro atoms. The third-order valence-electron chi connectivity index (χ3n) is 15.3. The number of carbonyl (C=O) groups excluding carboxylic acids is 1. The van der Waals surface area contributed by atoms with E-state index in [1.165, 1.54) is 14.0 Å². The molecule has 4 saturated heterocycles. The number of nitrogens with one attached hydrogen (secondary N) is 2. The number of cyclic esters (lactones) is 1. The first-order chi connectivity index (χ1) is 34.2. The number of thiocarbonyl (C=S) groups is 1. The number of anilines is 2. The molecule has 8 N–H and O–H groups in total. The Bertz CT molecular complexity index is 1850. The third-order valence-corrected chi connectivity index (χ3v) is 15.5. The number of likely N-dealkylation sites (N-methyl/N-ethyl adjacent to an activating group) is 1. The van der Waals surface area contributed by atoms with E-state index in [4.69, 9.17) is 55.3 Å². The minimum atomic E-state index is -1.90. The van der Waals surface area contributed by atoms with Gasteiger partial charge in [-0.05, 0) is 119 Å². The molecule has 21 nitrogen and oxygen atoms in total. The Morgan fingerprint density at radius 3 is 2.25 bits per heavy atom. The van der Waals surface area contributed by atoms with Gasteiger partial charge in [0.25, 0.3) is 6.47 Å². The molecule has 0 amide bonds. The van der Waals surface area contributed by atoms with Crippen LogP contribution in [-0.4, -0.2) is 220 Å². The first-order valence-corrected chi connectivity index (χ1v) is 26.3. The molecule has 22 heteroatoms. The van der Waals surface area contributed by atoms with Gasteiger partial charge in [0.05, 0.1) is 66.6 Å². The van der Waals surface area contributed by atoms with Gasteiger partial charge in [-0.2, -0.15) is 0 Å². The summed E-state index contributed by atoms with van der Waals surface area (Å²) in [6, 6.07) is 2.93. The van der Waals surface area contributed by atoms with E-state index in [1.54, 1.807) is 40.8 Å². The van der Waals surface area contributed by atoms with Crippen LogP contribution in [0, 0.1) is 17.8 Å². The highest BCUT2D eigenvalue weighted by molar-refractivity contribution is 7.80. The highest BCUT2D eigenvalue weighted by Gasteiger charge is 2.53. The maximum atomic E-state index is 14.6. The Morgan fingerprint density at radius 1 is 1.00 bits per heavy atom. The Balaban J connectivity index is 0.00000375. The Kier molecular flexibility index (Phi) is 23.9. The molecule has 4 fully saturated rings. The van der Waals surface area contributed by atoms with Crippen LogP contribution in [0.25, 0.3) is 0 Å². The molecule has 0 aromatic carbocycles. The van der Waals surface area contributed by atoms with Gasteiger partial charge in [0, 0.05) is 64.3 Å². The van der Waals surface area contributed by atoms with Crippen LogP contribution in [0.4, 0.5) is 11.5 Å². The second kappa shape index (κ2) is 27.9. The van der Waals surface area contributed by atoms with Gasteiger partial charge in [-0.3, -0.25) is 14.5 Å². The topological polar surface area (TPSA) is 267 Å². The molecule has 73 heavy (non-hydrogen) atoms. The van der Waals surface area contributed by atoms with Crippen molar-refractivity contribution >= 4 is 41.3 Å². The Labute approximate surface area is 438 Å². The lowest BCUT2D eigenvalue weighted by Gasteiger charge is -2.48. The molecule has 5 rings (SSSR count). The van der Waals surface area contributed by atoms with Crippen molar-refractivity contribution in [2.24, 2.45) is 17.8 Å². The van der Waals surface area contributed by atoms with Gasteiger partial charge in [0.1, 0.15) is 35.8 Å². The van der Waals surface area contributed by atoms with Crippen molar-refractivity contribution in [2.75, 3.05) is 77.4 Å². The van der Waals surface area contributed by atoms with E-state index in [2.05, 4.69) is 25.4 Å². The molecule has 0 aliphatic carbocycles. The number of hydrogen-bond acceptors (Lipinski definition) is 19. The molecule has 0 bridgehead atoms. The number of esters is 1. The lowest BCUT2D eigenvalue weighted by Crippen LogP contribution is -2.60. The molecule has 0 saturated carbocycles. The zero-order valence-corrected chi connectivity index (χ0v) is 46.3. The van der Waals surface area contributed by atoms with Crippen LogP contribution >= 0.6 is 12.2 Å². The molecule has 5 heterocycles. The number of nitrogens with zero attached hydrogens (tertiary/aromatic N) is 4. The smallest absolute Gasteiger partial charge is 0.311 e. The molecule has 4 aliphatic heterocycles. The number of aromatic nitrogens is 1. The van der Waals surface area contributed by atoms with Gasteiger partial charge in [0.2, 0.25) is 0 Å². The summed E-state index contributed by atoms with van der Waals surface area (Å²) in [5.74, 6) is -1.93. The van der Waals surface area contributed by atoms with Gasteiger partial charge in [-0.1, -0.05) is 20.8 Å². The number of ether oxygens (including phenoxy) is 7. The van der Waals surface area contributed by atoms with Gasteiger partial charge in [-0.15, -0.1) is 0 Å². The number of morpholine rings is 1. The van der Waals surface area contributed by atoms with E-state index >= 15 is 0 Å². The highest BCUT2D eigenvalue weighted by Crippen LogP contribution is 2.40. The van der Waals surface area contributed by atoms with Gasteiger partial charge >= 0.3 is 5.97 Å². The summed E-state index contributed by atoms with van der Waals surface area (Å²) >= 11 is 5.65. The number of pyridine rings is 1. The number of carbonyl (C=O) groups is 2. The van der Waals surface area contributed by atoms with Crippen molar-refractivity contribution in [3.63, 3.8) is 0 Å². The summed E-state index contributed by atoms with van der Waals surface area (Å²) < 4.78 is 43.7. The van der Waals surface area contributed by atoms with Gasteiger partial charge in [0.15, 0.2) is 17.7 Å². The molecule has 1 aromatic rings. The van der Waals surface area contributed by atoms with E-state index in [0.29, 0.717) is 50.8 Å². The van der Waals surface area contributed by atoms with Crippen molar-refractivity contribution in [3.8, 4) is 0 Å². The van der Waals surface area contributed by atoms with Crippen LogP contribution in [0.1, 0.15) is 101 Å². The average Bonchev–Trinajstić information content (AvgIpc) is 3.34. The first kappa shape index (κ1) is 62.6. The lowest BCUT2D eigenvalue weighted by atomic mass is 9.77. The van der Waals surface area contributed by atoms with Crippen molar-refractivity contribution < 1.29 is 73.4 Å². The van der Waals surface area contributed by atoms with Crippen molar-refractivity contribution in [2.45, 2.75) is 192 Å². The number of methoxy groups -OCH3 is 1. The van der Waals surface area contributed by atoms with E-state index in [0.717, 1.165) is 24.6 Å². The van der Waals surface area contributed by atoms with E-state index in [9.17, 15) is 30.3 Å². The Morgan fingerprint density at radius 2 is 1.66 bits per heavy atom. The van der Waals surface area contributed by atoms with Crippen LogP contribution in [0.3, 0.4) is 0 Å². The summed E-state index contributed by atoms with van der Waals surface area (Å²) in [7, 11) is 5.28. The third kappa shape index (κ3) is 16.5. The van der Waals surface area contributed by atoms with E-state index < -0.39 is 96.0 Å². The van der Waals surface area contributed by atoms with Crippen LogP contribution < -0.4 is 15.5 Å². The molecule has 1 aromatic heterocycles. The Hall–Kier alpha value is -2.94. The molecule has 420 valence electrons. The fourth-order valence-electron chi connectivity index (χ4n) is 11.0. The molecule has 18 atom stereocenters. The molecular weight excluding hydrogens is 969 g/mol. The number of aliphatic hydroxyl groups is 5.